The second-order valence-corrected chi connectivity index (χ2v) is 6.38. The molecule has 0 N–H and O–H groups in total. The van der Waals surface area contributed by atoms with Crippen LogP contribution in [-0.4, -0.2) is 23.1 Å². The summed E-state index contributed by atoms with van der Waals surface area (Å²) >= 11 is 2.42. The summed E-state index contributed by atoms with van der Waals surface area (Å²) in [6, 6.07) is 13.5. The van der Waals surface area contributed by atoms with Gasteiger partial charge in [-0.2, -0.15) is 0 Å². The number of imide groups is 1. The first-order valence-electron chi connectivity index (χ1n) is 6.18. The second kappa shape index (κ2) is 5.83. The smallest absolute Gasteiger partial charge is 0.293 e. The van der Waals surface area contributed by atoms with Gasteiger partial charge in [-0.15, -0.1) is 0 Å². The van der Waals surface area contributed by atoms with Crippen molar-refractivity contribution < 1.29 is 14.0 Å². The van der Waals surface area contributed by atoms with Crippen LogP contribution < -0.4 is 0 Å². The van der Waals surface area contributed by atoms with Crippen molar-refractivity contribution in [2.24, 2.45) is 0 Å². The lowest BCUT2D eigenvalue weighted by Gasteiger charge is -2.00. The third-order valence-corrected chi connectivity index (χ3v) is 4.71. The first kappa shape index (κ1) is 14.0. The Hall–Kier alpha value is -1.92. The fraction of sp³-hybridized carbons (Fsp3) is 0.0667. The van der Waals surface area contributed by atoms with Crippen LogP contribution in [0.4, 0.5) is 4.79 Å². The van der Waals surface area contributed by atoms with E-state index in [0.717, 1.165) is 26.6 Å². The van der Waals surface area contributed by atoms with Crippen LogP contribution in [0.3, 0.4) is 0 Å². The molecule has 1 aromatic carbocycles. The standard InChI is InChI=1S/C15H11NO3S2/c1-16-14(17)12(21-15(16)18)9-10-7-8-13(19-10)20-11-5-3-2-4-6-11/h2-9H,1H3. The zero-order chi connectivity index (χ0) is 14.8. The molecule has 21 heavy (non-hydrogen) atoms. The van der Waals surface area contributed by atoms with E-state index in [-0.39, 0.29) is 11.1 Å². The summed E-state index contributed by atoms with van der Waals surface area (Å²) in [5, 5.41) is 0.472. The molecule has 3 rings (SSSR count). The van der Waals surface area contributed by atoms with Crippen molar-refractivity contribution in [2.45, 2.75) is 9.99 Å². The van der Waals surface area contributed by atoms with Crippen LogP contribution in [0, 0.1) is 0 Å². The molecule has 0 spiro atoms. The molecule has 0 radical (unpaired) electrons. The van der Waals surface area contributed by atoms with Crippen LogP contribution in [0.25, 0.3) is 6.08 Å². The highest BCUT2D eigenvalue weighted by molar-refractivity contribution is 8.18. The van der Waals surface area contributed by atoms with E-state index in [2.05, 4.69) is 0 Å². The lowest BCUT2D eigenvalue weighted by Crippen LogP contribution is -2.22. The Morgan fingerprint density at radius 3 is 2.57 bits per heavy atom. The van der Waals surface area contributed by atoms with Crippen molar-refractivity contribution in [2.75, 3.05) is 7.05 Å². The van der Waals surface area contributed by atoms with Crippen LogP contribution in [0.15, 0.2) is 61.8 Å². The molecule has 0 saturated carbocycles. The highest BCUT2D eigenvalue weighted by Gasteiger charge is 2.32. The first-order valence-corrected chi connectivity index (χ1v) is 7.81. The molecule has 2 amide bonds. The summed E-state index contributed by atoms with van der Waals surface area (Å²) in [5.74, 6) is 0.269. The molecule has 1 fully saturated rings. The summed E-state index contributed by atoms with van der Waals surface area (Å²) < 4.78 is 5.66. The molecule has 0 unspecified atom stereocenters. The Labute approximate surface area is 130 Å². The molecule has 0 atom stereocenters. The van der Waals surface area contributed by atoms with Crippen molar-refractivity contribution in [3.05, 3.63) is 53.1 Å². The predicted molar refractivity (Wildman–Crippen MR) is 83.0 cm³/mol. The van der Waals surface area contributed by atoms with Crippen LogP contribution >= 0.6 is 23.5 Å². The van der Waals surface area contributed by atoms with Gasteiger partial charge in [-0.25, -0.2) is 0 Å². The molecule has 1 aromatic heterocycles. The number of rotatable bonds is 3. The van der Waals surface area contributed by atoms with Gasteiger partial charge in [-0.05, 0) is 36.0 Å². The van der Waals surface area contributed by atoms with Gasteiger partial charge in [0.15, 0.2) is 5.09 Å². The molecule has 4 nitrogen and oxygen atoms in total. The summed E-state index contributed by atoms with van der Waals surface area (Å²) in [5.41, 5.74) is 0. The van der Waals surface area contributed by atoms with Gasteiger partial charge in [0.05, 0.1) is 4.91 Å². The van der Waals surface area contributed by atoms with E-state index in [9.17, 15) is 9.59 Å². The maximum Gasteiger partial charge on any atom is 0.293 e. The highest BCUT2D eigenvalue weighted by atomic mass is 32.2. The van der Waals surface area contributed by atoms with E-state index < -0.39 is 0 Å². The lowest BCUT2D eigenvalue weighted by atomic mass is 10.4. The molecule has 106 valence electrons. The Morgan fingerprint density at radius 2 is 1.90 bits per heavy atom. The number of thioether (sulfide) groups is 1. The van der Waals surface area contributed by atoms with Gasteiger partial charge in [0.1, 0.15) is 5.76 Å². The minimum Gasteiger partial charge on any atom is -0.450 e. The van der Waals surface area contributed by atoms with E-state index in [0.29, 0.717) is 10.7 Å². The predicted octanol–water partition coefficient (Wildman–Crippen LogP) is 4.10. The zero-order valence-electron chi connectivity index (χ0n) is 11.1. The van der Waals surface area contributed by atoms with Gasteiger partial charge in [0.25, 0.3) is 11.1 Å². The van der Waals surface area contributed by atoms with Crippen molar-refractivity contribution in [1.29, 1.82) is 0 Å². The summed E-state index contributed by atoms with van der Waals surface area (Å²) in [4.78, 5) is 25.8. The van der Waals surface area contributed by atoms with E-state index in [1.165, 1.54) is 18.8 Å². The maximum absolute atomic E-state index is 11.8. The zero-order valence-corrected chi connectivity index (χ0v) is 12.7. The Balaban J connectivity index is 1.77. The number of carbonyl (C=O) groups is 2. The summed E-state index contributed by atoms with van der Waals surface area (Å²) in [7, 11) is 1.47. The number of hydrogen-bond donors (Lipinski definition) is 0. The average Bonchev–Trinajstić information content (AvgIpc) is 3.01. The van der Waals surface area contributed by atoms with E-state index in [1.54, 1.807) is 12.1 Å². The maximum atomic E-state index is 11.8. The molecule has 0 aliphatic carbocycles. The third-order valence-electron chi connectivity index (χ3n) is 2.82. The van der Waals surface area contributed by atoms with Crippen LogP contribution in [0.1, 0.15) is 5.76 Å². The Kier molecular flexibility index (Phi) is 3.90. The van der Waals surface area contributed by atoms with Crippen molar-refractivity contribution in [3.63, 3.8) is 0 Å². The molecule has 1 saturated heterocycles. The number of hydrogen-bond acceptors (Lipinski definition) is 5. The van der Waals surface area contributed by atoms with Gasteiger partial charge in [0.2, 0.25) is 0 Å². The van der Waals surface area contributed by atoms with Crippen molar-refractivity contribution in [1.82, 2.24) is 4.90 Å². The van der Waals surface area contributed by atoms with Crippen LogP contribution in [0.2, 0.25) is 0 Å². The largest absolute Gasteiger partial charge is 0.450 e. The minimum absolute atomic E-state index is 0.267. The van der Waals surface area contributed by atoms with Crippen LogP contribution in [-0.2, 0) is 4.79 Å². The molecular weight excluding hydrogens is 306 g/mol. The van der Waals surface area contributed by atoms with Gasteiger partial charge in [-0.1, -0.05) is 30.0 Å². The average molecular weight is 317 g/mol. The molecule has 2 heterocycles. The van der Waals surface area contributed by atoms with E-state index in [1.807, 2.05) is 36.4 Å². The van der Waals surface area contributed by atoms with Gasteiger partial charge in [0, 0.05) is 18.0 Å². The molecule has 1 aliphatic heterocycles. The third kappa shape index (κ3) is 3.06. The molecule has 1 aliphatic rings. The normalized spacial score (nSPS) is 17.0. The second-order valence-electron chi connectivity index (χ2n) is 4.31. The summed E-state index contributed by atoms with van der Waals surface area (Å²) in [6.45, 7) is 0. The molecule has 2 aromatic rings. The quantitative estimate of drug-likeness (QED) is 0.798. The van der Waals surface area contributed by atoms with Crippen molar-refractivity contribution >= 4 is 40.7 Å². The topological polar surface area (TPSA) is 50.5 Å². The van der Waals surface area contributed by atoms with Crippen LogP contribution in [0.5, 0.6) is 0 Å². The Bertz CT molecular complexity index is 722. The number of nitrogens with zero attached hydrogens (tertiary/aromatic N) is 1. The number of furan rings is 1. The minimum atomic E-state index is -0.293. The molecular formula is C15H11NO3S2. The first-order chi connectivity index (χ1) is 10.1. The lowest BCUT2D eigenvalue weighted by molar-refractivity contribution is -0.121. The SMILES string of the molecule is CN1C(=O)SC(=Cc2ccc(Sc3ccccc3)o2)C1=O. The summed E-state index contributed by atoms with van der Waals surface area (Å²) in [6.07, 6.45) is 1.60. The number of likely N-dealkylation sites (N-methyl/N-ethyl adjacent to an activating group) is 1. The highest BCUT2D eigenvalue weighted by Crippen LogP contribution is 2.33. The van der Waals surface area contributed by atoms with Crippen molar-refractivity contribution in [3.8, 4) is 0 Å². The number of amides is 2. The molecule has 0 bridgehead atoms. The number of carbonyl (C=O) groups excluding carboxylic acids is 2. The number of benzene rings is 1. The van der Waals surface area contributed by atoms with E-state index >= 15 is 0 Å². The van der Waals surface area contributed by atoms with Gasteiger partial charge >= 0.3 is 0 Å². The fourth-order valence-electron chi connectivity index (χ4n) is 1.75. The molecule has 6 heteroatoms. The van der Waals surface area contributed by atoms with Gasteiger partial charge in [-0.3, -0.25) is 14.5 Å². The monoisotopic (exact) mass is 317 g/mol. The fourth-order valence-corrected chi connectivity index (χ4v) is 3.35. The Morgan fingerprint density at radius 1 is 1.14 bits per heavy atom. The van der Waals surface area contributed by atoms with Gasteiger partial charge < -0.3 is 4.42 Å². The van der Waals surface area contributed by atoms with E-state index in [4.69, 9.17) is 4.42 Å².